The van der Waals surface area contributed by atoms with Gasteiger partial charge in [-0.05, 0) is 0 Å². The Balaban J connectivity index is 3.09. The molecule has 0 atom stereocenters. The van der Waals surface area contributed by atoms with Gasteiger partial charge in [-0.2, -0.15) is 4.98 Å². The van der Waals surface area contributed by atoms with E-state index in [0.29, 0.717) is 0 Å². The second-order valence-electron chi connectivity index (χ2n) is 2.16. The number of aromatic nitrogens is 2. The molecule has 1 heterocycles. The molecule has 0 unspecified atom stereocenters. The van der Waals surface area contributed by atoms with E-state index in [0.717, 1.165) is 6.33 Å². The first-order chi connectivity index (χ1) is 6.66. The first kappa shape index (κ1) is 9.73. The van der Waals surface area contributed by atoms with E-state index in [-0.39, 0.29) is 18.3 Å². The SMILES string of the molecule is C#CCOc1ncnc(N)c1[N+](=O)[O-]. The Morgan fingerprint density at radius 2 is 2.43 bits per heavy atom. The Morgan fingerprint density at radius 3 is 3.00 bits per heavy atom. The van der Waals surface area contributed by atoms with Crippen LogP contribution in [0.3, 0.4) is 0 Å². The second-order valence-corrected chi connectivity index (χ2v) is 2.16. The van der Waals surface area contributed by atoms with Crippen LogP contribution in [0.2, 0.25) is 0 Å². The molecule has 1 aromatic heterocycles. The minimum atomic E-state index is -0.721. The molecule has 0 bridgehead atoms. The highest BCUT2D eigenvalue weighted by Gasteiger charge is 2.21. The van der Waals surface area contributed by atoms with E-state index in [2.05, 4.69) is 15.9 Å². The molecule has 7 heteroatoms. The Kier molecular flexibility index (Phi) is 2.81. The van der Waals surface area contributed by atoms with Crippen molar-refractivity contribution < 1.29 is 9.66 Å². The summed E-state index contributed by atoms with van der Waals surface area (Å²) in [6.45, 7) is -0.114. The van der Waals surface area contributed by atoms with Crippen molar-refractivity contribution in [2.24, 2.45) is 0 Å². The van der Waals surface area contributed by atoms with E-state index in [1.165, 1.54) is 0 Å². The number of nitrogens with two attached hydrogens (primary N) is 1. The number of hydrogen-bond donors (Lipinski definition) is 1. The molecule has 0 spiro atoms. The molecule has 2 N–H and O–H groups in total. The zero-order chi connectivity index (χ0) is 10.6. The van der Waals surface area contributed by atoms with Crippen molar-refractivity contribution in [2.45, 2.75) is 0 Å². The molecule has 0 aliphatic heterocycles. The molecule has 0 saturated carbocycles. The normalized spacial score (nSPS) is 9.07. The largest absolute Gasteiger partial charge is 0.459 e. The highest BCUT2D eigenvalue weighted by atomic mass is 16.6. The van der Waals surface area contributed by atoms with Crippen molar-refractivity contribution in [1.29, 1.82) is 0 Å². The van der Waals surface area contributed by atoms with Gasteiger partial charge in [-0.15, -0.1) is 6.42 Å². The molecular weight excluding hydrogens is 188 g/mol. The van der Waals surface area contributed by atoms with Gasteiger partial charge in [-0.1, -0.05) is 5.92 Å². The zero-order valence-electron chi connectivity index (χ0n) is 7.01. The lowest BCUT2D eigenvalue weighted by molar-refractivity contribution is -0.385. The zero-order valence-corrected chi connectivity index (χ0v) is 7.01. The van der Waals surface area contributed by atoms with Crippen LogP contribution in [-0.4, -0.2) is 21.5 Å². The molecule has 0 aromatic carbocycles. The Morgan fingerprint density at radius 1 is 1.71 bits per heavy atom. The molecule has 0 saturated heterocycles. The minimum absolute atomic E-state index is 0.114. The van der Waals surface area contributed by atoms with Crippen LogP contribution in [0.5, 0.6) is 5.88 Å². The third kappa shape index (κ3) is 1.87. The lowest BCUT2D eigenvalue weighted by Crippen LogP contribution is -2.05. The van der Waals surface area contributed by atoms with E-state index in [9.17, 15) is 10.1 Å². The summed E-state index contributed by atoms with van der Waals surface area (Å²) in [5.74, 6) is 1.68. The number of nitrogen functional groups attached to an aromatic ring is 1. The van der Waals surface area contributed by atoms with Crippen LogP contribution in [0.1, 0.15) is 0 Å². The molecule has 0 aliphatic rings. The van der Waals surface area contributed by atoms with E-state index in [1.54, 1.807) is 0 Å². The number of nitro groups is 1. The number of terminal acetylenes is 1. The summed E-state index contributed by atoms with van der Waals surface area (Å²) in [4.78, 5) is 16.8. The van der Waals surface area contributed by atoms with Gasteiger partial charge in [-0.25, -0.2) is 4.98 Å². The number of rotatable bonds is 3. The van der Waals surface area contributed by atoms with Crippen molar-refractivity contribution >= 4 is 11.5 Å². The molecule has 7 nitrogen and oxygen atoms in total. The van der Waals surface area contributed by atoms with Crippen molar-refractivity contribution in [2.75, 3.05) is 12.3 Å². The fourth-order valence-electron chi connectivity index (χ4n) is 0.763. The van der Waals surface area contributed by atoms with Gasteiger partial charge in [0.2, 0.25) is 5.82 Å². The highest BCUT2D eigenvalue weighted by molar-refractivity contribution is 5.57. The van der Waals surface area contributed by atoms with Crippen molar-refractivity contribution in [3.63, 3.8) is 0 Å². The average Bonchev–Trinajstić information content (AvgIpc) is 2.14. The van der Waals surface area contributed by atoms with Gasteiger partial charge >= 0.3 is 11.6 Å². The average molecular weight is 194 g/mol. The molecule has 14 heavy (non-hydrogen) atoms. The van der Waals surface area contributed by atoms with Crippen molar-refractivity contribution in [3.05, 3.63) is 16.4 Å². The van der Waals surface area contributed by atoms with E-state index >= 15 is 0 Å². The molecule has 0 amide bonds. The maximum Gasteiger partial charge on any atom is 0.372 e. The van der Waals surface area contributed by atoms with Crippen LogP contribution in [0.15, 0.2) is 6.33 Å². The highest BCUT2D eigenvalue weighted by Crippen LogP contribution is 2.27. The smallest absolute Gasteiger partial charge is 0.372 e. The van der Waals surface area contributed by atoms with Crippen LogP contribution in [-0.2, 0) is 0 Å². The standard InChI is InChI=1S/C7H6N4O3/c1-2-3-14-7-5(11(12)13)6(8)9-4-10-7/h1,4H,3H2,(H2,8,9,10). The van der Waals surface area contributed by atoms with Crippen LogP contribution in [0.4, 0.5) is 11.5 Å². The van der Waals surface area contributed by atoms with Crippen molar-refractivity contribution in [1.82, 2.24) is 9.97 Å². The molecule has 1 rings (SSSR count). The summed E-state index contributed by atoms with van der Waals surface area (Å²) < 4.78 is 4.82. The monoisotopic (exact) mass is 194 g/mol. The predicted molar refractivity (Wildman–Crippen MR) is 47.4 cm³/mol. The summed E-state index contributed by atoms with van der Waals surface area (Å²) >= 11 is 0. The number of ether oxygens (including phenoxy) is 1. The summed E-state index contributed by atoms with van der Waals surface area (Å²) in [6.07, 6.45) is 5.98. The summed E-state index contributed by atoms with van der Waals surface area (Å²) in [7, 11) is 0. The van der Waals surface area contributed by atoms with Gasteiger partial charge in [0.1, 0.15) is 6.33 Å². The molecular formula is C7H6N4O3. The molecule has 0 aliphatic carbocycles. The lowest BCUT2D eigenvalue weighted by Gasteiger charge is -2.02. The second kappa shape index (κ2) is 4.04. The Labute approximate surface area is 79.1 Å². The first-order valence-electron chi connectivity index (χ1n) is 3.48. The lowest BCUT2D eigenvalue weighted by atomic mass is 10.4. The fourth-order valence-corrected chi connectivity index (χ4v) is 0.763. The van der Waals surface area contributed by atoms with Crippen molar-refractivity contribution in [3.8, 4) is 18.2 Å². The van der Waals surface area contributed by atoms with Crippen LogP contribution < -0.4 is 10.5 Å². The van der Waals surface area contributed by atoms with E-state index in [4.69, 9.17) is 16.9 Å². The van der Waals surface area contributed by atoms with Crippen LogP contribution in [0.25, 0.3) is 0 Å². The molecule has 0 radical (unpaired) electrons. The van der Waals surface area contributed by atoms with E-state index in [1.807, 2.05) is 0 Å². The maximum atomic E-state index is 10.5. The number of anilines is 1. The van der Waals surface area contributed by atoms with Gasteiger partial charge in [-0.3, -0.25) is 10.1 Å². The minimum Gasteiger partial charge on any atom is -0.459 e. The van der Waals surface area contributed by atoms with Gasteiger partial charge in [0.05, 0.1) is 4.92 Å². The first-order valence-corrected chi connectivity index (χ1v) is 3.48. The quantitative estimate of drug-likeness (QED) is 0.412. The molecule has 72 valence electrons. The Hall–Kier alpha value is -2.36. The topological polar surface area (TPSA) is 104 Å². The van der Waals surface area contributed by atoms with Crippen LogP contribution in [0, 0.1) is 22.5 Å². The van der Waals surface area contributed by atoms with Crippen LogP contribution >= 0.6 is 0 Å². The van der Waals surface area contributed by atoms with Gasteiger partial charge < -0.3 is 10.5 Å². The Bertz CT molecular complexity index is 398. The summed E-state index contributed by atoms with van der Waals surface area (Å²) in [6, 6.07) is 0. The van der Waals surface area contributed by atoms with E-state index < -0.39 is 10.6 Å². The van der Waals surface area contributed by atoms with Gasteiger partial charge in [0.15, 0.2) is 6.61 Å². The fraction of sp³-hybridized carbons (Fsp3) is 0.143. The third-order valence-corrected chi connectivity index (χ3v) is 1.29. The number of nitrogens with zero attached hydrogens (tertiary/aromatic N) is 3. The maximum absolute atomic E-state index is 10.5. The number of hydrogen-bond acceptors (Lipinski definition) is 6. The van der Waals surface area contributed by atoms with Gasteiger partial charge in [0.25, 0.3) is 0 Å². The molecule has 1 aromatic rings. The predicted octanol–water partition coefficient (Wildman–Crippen LogP) is -0.0210. The summed E-state index contributed by atoms with van der Waals surface area (Å²) in [5, 5.41) is 10.5. The summed E-state index contributed by atoms with van der Waals surface area (Å²) in [5.41, 5.74) is 4.80. The van der Waals surface area contributed by atoms with Gasteiger partial charge in [0, 0.05) is 0 Å². The third-order valence-electron chi connectivity index (χ3n) is 1.29. The molecule has 0 fully saturated rings.